The third-order valence-corrected chi connectivity index (χ3v) is 6.14. The Hall–Kier alpha value is -2.83. The molecule has 7 nitrogen and oxygen atoms in total. The number of rotatable bonds is 3. The first-order valence-electron chi connectivity index (χ1n) is 10.2. The molecule has 0 spiro atoms. The van der Waals surface area contributed by atoms with Gasteiger partial charge in [-0.2, -0.15) is 0 Å². The van der Waals surface area contributed by atoms with Crippen molar-refractivity contribution < 1.29 is 4.79 Å². The average Bonchev–Trinajstić information content (AvgIpc) is 3.45. The van der Waals surface area contributed by atoms with Crippen molar-refractivity contribution in [3.63, 3.8) is 0 Å². The third kappa shape index (κ3) is 3.25. The van der Waals surface area contributed by atoms with Gasteiger partial charge in [-0.05, 0) is 43.9 Å². The molecule has 0 N–H and O–H groups in total. The van der Waals surface area contributed by atoms with E-state index >= 15 is 0 Å². The summed E-state index contributed by atoms with van der Waals surface area (Å²) in [4.78, 5) is 23.4. The van der Waals surface area contributed by atoms with Crippen molar-refractivity contribution in [3.05, 3.63) is 48.0 Å². The Morgan fingerprint density at radius 2 is 1.71 bits per heavy atom. The average molecular weight is 376 g/mol. The first-order chi connectivity index (χ1) is 13.8. The Balaban J connectivity index is 1.24. The predicted octanol–water partition coefficient (Wildman–Crippen LogP) is 3.36. The monoisotopic (exact) mass is 376 g/mol. The van der Waals surface area contributed by atoms with Gasteiger partial charge in [-0.15, -0.1) is 5.10 Å². The number of hydrogen-bond acceptors (Lipinski definition) is 5. The lowest BCUT2D eigenvalue weighted by atomic mass is 10.0. The molecule has 1 aromatic carbocycles. The topological polar surface area (TPSA) is 76.8 Å². The molecule has 1 aliphatic heterocycles. The van der Waals surface area contributed by atoms with Crippen molar-refractivity contribution >= 4 is 16.9 Å². The van der Waals surface area contributed by atoms with Gasteiger partial charge in [0.2, 0.25) is 0 Å². The van der Waals surface area contributed by atoms with Crippen molar-refractivity contribution in [2.45, 2.75) is 50.5 Å². The molecular formula is C21H24N6O. The Labute approximate surface area is 163 Å². The Morgan fingerprint density at radius 1 is 0.964 bits per heavy atom. The van der Waals surface area contributed by atoms with E-state index < -0.39 is 0 Å². The number of hydrogen-bond donors (Lipinski definition) is 0. The zero-order valence-electron chi connectivity index (χ0n) is 15.9. The molecule has 0 unspecified atom stereocenters. The molecule has 144 valence electrons. The zero-order chi connectivity index (χ0) is 18.9. The molecule has 1 saturated heterocycles. The molecule has 3 aromatic rings. The minimum absolute atomic E-state index is 0.0660. The standard InChI is InChI=1S/C21H24N6O/c28-21(16-5-6-18-19(13-16)23-10-9-22-18)26-11-7-17(8-12-26)27-14-20(24-25-27)15-3-1-2-4-15/h5-6,9-10,13-15,17H,1-4,7-8,11-12H2. The van der Waals surface area contributed by atoms with Gasteiger partial charge in [-0.25, -0.2) is 4.68 Å². The molecule has 3 heterocycles. The maximum Gasteiger partial charge on any atom is 0.253 e. The van der Waals surface area contributed by atoms with Crippen LogP contribution < -0.4 is 0 Å². The van der Waals surface area contributed by atoms with Crippen LogP contribution in [0.15, 0.2) is 36.8 Å². The highest BCUT2D eigenvalue weighted by Gasteiger charge is 2.27. The highest BCUT2D eigenvalue weighted by atomic mass is 16.2. The van der Waals surface area contributed by atoms with Crippen molar-refractivity contribution in [1.82, 2.24) is 29.9 Å². The van der Waals surface area contributed by atoms with Gasteiger partial charge in [-0.3, -0.25) is 14.8 Å². The molecule has 0 bridgehead atoms. The summed E-state index contributed by atoms with van der Waals surface area (Å²) in [7, 11) is 0. The number of piperidine rings is 1. The smallest absolute Gasteiger partial charge is 0.253 e. The Bertz CT molecular complexity index is 985. The van der Waals surface area contributed by atoms with Crippen molar-refractivity contribution in [3.8, 4) is 0 Å². The summed E-state index contributed by atoms with van der Waals surface area (Å²) >= 11 is 0. The second-order valence-electron chi connectivity index (χ2n) is 7.89. The van der Waals surface area contributed by atoms with Crippen LogP contribution in [0.5, 0.6) is 0 Å². The van der Waals surface area contributed by atoms with Crippen molar-refractivity contribution in [1.29, 1.82) is 0 Å². The molecule has 1 amide bonds. The van der Waals surface area contributed by atoms with Crippen LogP contribution in [0.25, 0.3) is 11.0 Å². The van der Waals surface area contributed by atoms with Crippen LogP contribution in [-0.2, 0) is 0 Å². The highest BCUT2D eigenvalue weighted by molar-refractivity contribution is 5.97. The second kappa shape index (κ2) is 7.30. The number of aromatic nitrogens is 5. The molecule has 2 fully saturated rings. The van der Waals surface area contributed by atoms with Crippen molar-refractivity contribution in [2.75, 3.05) is 13.1 Å². The number of amides is 1. The van der Waals surface area contributed by atoms with Crippen LogP contribution in [0.3, 0.4) is 0 Å². The maximum absolute atomic E-state index is 12.9. The summed E-state index contributed by atoms with van der Waals surface area (Å²) in [5.74, 6) is 0.655. The summed E-state index contributed by atoms with van der Waals surface area (Å²) < 4.78 is 2.03. The number of benzene rings is 1. The van der Waals surface area contributed by atoms with Gasteiger partial charge in [0.15, 0.2) is 0 Å². The summed E-state index contributed by atoms with van der Waals surface area (Å²) in [5, 5.41) is 8.82. The molecule has 0 radical (unpaired) electrons. The van der Waals surface area contributed by atoms with Crippen LogP contribution in [0.2, 0.25) is 0 Å². The lowest BCUT2D eigenvalue weighted by molar-refractivity contribution is 0.0689. The van der Waals surface area contributed by atoms with E-state index in [1.165, 1.54) is 25.7 Å². The highest BCUT2D eigenvalue weighted by Crippen LogP contribution is 2.33. The van der Waals surface area contributed by atoms with Gasteiger partial charge in [0.25, 0.3) is 5.91 Å². The summed E-state index contributed by atoms with van der Waals surface area (Å²) in [6.45, 7) is 1.47. The normalized spacial score (nSPS) is 18.8. The lowest BCUT2D eigenvalue weighted by Crippen LogP contribution is -2.39. The fourth-order valence-corrected chi connectivity index (χ4v) is 4.49. The first kappa shape index (κ1) is 17.3. The van der Waals surface area contributed by atoms with Gasteiger partial charge in [0, 0.05) is 43.2 Å². The molecular weight excluding hydrogens is 352 g/mol. The number of nitrogens with zero attached hydrogens (tertiary/aromatic N) is 6. The summed E-state index contributed by atoms with van der Waals surface area (Å²) in [5.41, 5.74) is 3.39. The van der Waals surface area contributed by atoms with Crippen LogP contribution in [0.4, 0.5) is 0 Å². The third-order valence-electron chi connectivity index (χ3n) is 6.14. The molecule has 5 rings (SSSR count). The van der Waals surface area contributed by atoms with Crippen LogP contribution >= 0.6 is 0 Å². The van der Waals surface area contributed by atoms with Gasteiger partial charge < -0.3 is 4.90 Å². The van der Waals surface area contributed by atoms with E-state index in [0.717, 1.165) is 42.7 Å². The molecule has 1 saturated carbocycles. The molecule has 2 aromatic heterocycles. The molecule has 28 heavy (non-hydrogen) atoms. The van der Waals surface area contributed by atoms with E-state index in [1.54, 1.807) is 12.4 Å². The zero-order valence-corrected chi connectivity index (χ0v) is 15.9. The minimum Gasteiger partial charge on any atom is -0.338 e. The SMILES string of the molecule is O=C(c1ccc2nccnc2c1)N1CCC(n2cc(C3CCCC3)nn2)CC1. The van der Waals surface area contributed by atoms with E-state index in [1.807, 2.05) is 27.8 Å². The second-order valence-corrected chi connectivity index (χ2v) is 7.89. The lowest BCUT2D eigenvalue weighted by Gasteiger charge is -2.32. The van der Waals surface area contributed by atoms with Crippen LogP contribution in [0.1, 0.15) is 66.5 Å². The van der Waals surface area contributed by atoms with E-state index in [-0.39, 0.29) is 5.91 Å². The van der Waals surface area contributed by atoms with E-state index in [9.17, 15) is 4.79 Å². The van der Waals surface area contributed by atoms with Gasteiger partial charge in [-0.1, -0.05) is 18.1 Å². The number of carbonyl (C=O) groups is 1. The number of carbonyl (C=O) groups excluding carboxylic acids is 1. The molecule has 0 atom stereocenters. The summed E-state index contributed by atoms with van der Waals surface area (Å²) in [6, 6.07) is 5.87. The first-order valence-corrected chi connectivity index (χ1v) is 10.2. The maximum atomic E-state index is 12.9. The summed E-state index contributed by atoms with van der Waals surface area (Å²) in [6.07, 6.45) is 12.4. The van der Waals surface area contributed by atoms with Crippen molar-refractivity contribution in [2.24, 2.45) is 0 Å². The number of likely N-dealkylation sites (tertiary alicyclic amines) is 1. The van der Waals surface area contributed by atoms with Gasteiger partial charge >= 0.3 is 0 Å². The fourth-order valence-electron chi connectivity index (χ4n) is 4.49. The van der Waals surface area contributed by atoms with Crippen LogP contribution in [0, 0.1) is 0 Å². The molecule has 2 aliphatic rings. The van der Waals surface area contributed by atoms with Gasteiger partial charge in [0.05, 0.1) is 22.8 Å². The largest absolute Gasteiger partial charge is 0.338 e. The van der Waals surface area contributed by atoms with Crippen LogP contribution in [-0.4, -0.2) is 48.9 Å². The molecule has 1 aliphatic carbocycles. The Morgan fingerprint density at radius 3 is 2.50 bits per heavy atom. The minimum atomic E-state index is 0.0660. The number of fused-ring (bicyclic) bond motifs is 1. The van der Waals surface area contributed by atoms with E-state index in [0.29, 0.717) is 17.5 Å². The Kier molecular flexibility index (Phi) is 4.50. The van der Waals surface area contributed by atoms with E-state index in [2.05, 4.69) is 26.5 Å². The van der Waals surface area contributed by atoms with E-state index in [4.69, 9.17) is 0 Å². The quantitative estimate of drug-likeness (QED) is 0.700. The fraction of sp³-hybridized carbons (Fsp3) is 0.476. The molecule has 7 heteroatoms. The van der Waals surface area contributed by atoms with Gasteiger partial charge in [0.1, 0.15) is 0 Å². The predicted molar refractivity (Wildman–Crippen MR) is 105 cm³/mol.